The molecule has 2 bridgehead atoms. The fourth-order valence-corrected chi connectivity index (χ4v) is 7.68. The Kier molecular flexibility index (Phi) is 3.41. The molecule has 1 aliphatic heterocycles. The lowest BCUT2D eigenvalue weighted by Gasteiger charge is -2.56. The topological polar surface area (TPSA) is 63.6 Å². The predicted molar refractivity (Wildman–Crippen MR) is 91.7 cm³/mol. The molecule has 7 atom stereocenters. The number of ether oxygens (including phenoxy) is 1. The van der Waals surface area contributed by atoms with Crippen LogP contribution in [0.2, 0.25) is 0 Å². The van der Waals surface area contributed by atoms with Gasteiger partial charge in [0.1, 0.15) is 6.61 Å². The van der Waals surface area contributed by atoms with Crippen LogP contribution in [0.25, 0.3) is 0 Å². The monoisotopic (exact) mass is 344 g/mol. The number of rotatable bonds is 2. The second-order valence-electron chi connectivity index (χ2n) is 9.43. The molecule has 4 aliphatic carbocycles. The molecule has 0 aromatic rings. The zero-order valence-corrected chi connectivity index (χ0v) is 15.0. The summed E-state index contributed by atoms with van der Waals surface area (Å²) in [6.45, 7) is 2.78. The van der Waals surface area contributed by atoms with E-state index in [0.717, 1.165) is 45.1 Å². The van der Waals surface area contributed by atoms with E-state index in [0.29, 0.717) is 24.2 Å². The number of carbonyl (C=O) groups is 2. The lowest BCUT2D eigenvalue weighted by atomic mass is 9.46. The number of aliphatic hydroxyl groups is 1. The van der Waals surface area contributed by atoms with Crippen LogP contribution in [0.4, 0.5) is 0 Å². The zero-order chi connectivity index (χ0) is 17.4. The molecule has 1 N–H and O–H groups in total. The summed E-state index contributed by atoms with van der Waals surface area (Å²) in [5.74, 6) is 2.12. The number of fused-ring (bicyclic) bond motifs is 3. The fourth-order valence-electron chi connectivity index (χ4n) is 7.68. The van der Waals surface area contributed by atoms with Gasteiger partial charge in [-0.2, -0.15) is 0 Å². The molecule has 0 aromatic heterocycles. The summed E-state index contributed by atoms with van der Waals surface area (Å²) in [6, 6.07) is 0. The Balaban J connectivity index is 1.51. The van der Waals surface area contributed by atoms with Gasteiger partial charge in [0.2, 0.25) is 0 Å². The Bertz CT molecular complexity index is 667. The van der Waals surface area contributed by atoms with Crippen LogP contribution in [-0.2, 0) is 14.3 Å². The molecular weight excluding hydrogens is 316 g/mol. The Morgan fingerprint density at radius 2 is 2.12 bits per heavy atom. The first-order valence-electron chi connectivity index (χ1n) is 10.00. The standard InChI is InChI=1S/C21H28O4/c1-20-6-5-15-13(14(20)2-3-16(20)18(24)10-22)9-19-17-8-12(23)4-7-21(15,17)11-25-19/h8,13-16,19,22H,2-7,9-11H2,1H3. The van der Waals surface area contributed by atoms with E-state index in [4.69, 9.17) is 4.74 Å². The molecule has 0 spiro atoms. The molecule has 4 fully saturated rings. The van der Waals surface area contributed by atoms with Gasteiger partial charge in [0.25, 0.3) is 0 Å². The second kappa shape index (κ2) is 5.26. The van der Waals surface area contributed by atoms with Crippen molar-refractivity contribution in [1.29, 1.82) is 0 Å². The van der Waals surface area contributed by atoms with Crippen molar-refractivity contribution < 1.29 is 19.4 Å². The Hall–Kier alpha value is -1.00. The zero-order valence-electron chi connectivity index (χ0n) is 15.0. The minimum Gasteiger partial charge on any atom is -0.389 e. The van der Waals surface area contributed by atoms with Crippen molar-refractivity contribution in [2.75, 3.05) is 13.2 Å². The van der Waals surface area contributed by atoms with Crippen molar-refractivity contribution in [1.82, 2.24) is 0 Å². The van der Waals surface area contributed by atoms with Crippen LogP contribution < -0.4 is 0 Å². The predicted octanol–water partition coefficient (Wildman–Crippen LogP) is 2.68. The molecule has 25 heavy (non-hydrogen) atoms. The third-order valence-electron chi connectivity index (χ3n) is 8.78. The molecule has 5 rings (SSSR count). The highest BCUT2D eigenvalue weighted by atomic mass is 16.5. The van der Waals surface area contributed by atoms with Gasteiger partial charge in [-0.1, -0.05) is 6.92 Å². The number of carbonyl (C=O) groups excluding carboxylic acids is 2. The van der Waals surface area contributed by atoms with Crippen molar-refractivity contribution in [2.45, 2.75) is 58.0 Å². The minimum atomic E-state index is -0.314. The van der Waals surface area contributed by atoms with E-state index in [9.17, 15) is 14.7 Å². The van der Waals surface area contributed by atoms with E-state index in [2.05, 4.69) is 6.92 Å². The van der Waals surface area contributed by atoms with Crippen LogP contribution in [-0.4, -0.2) is 36.0 Å². The van der Waals surface area contributed by atoms with E-state index < -0.39 is 0 Å². The first-order valence-corrected chi connectivity index (χ1v) is 10.00. The molecule has 5 aliphatic rings. The van der Waals surface area contributed by atoms with Crippen LogP contribution in [0.15, 0.2) is 11.6 Å². The Morgan fingerprint density at radius 1 is 1.28 bits per heavy atom. The van der Waals surface area contributed by atoms with Gasteiger partial charge in [-0.15, -0.1) is 0 Å². The minimum absolute atomic E-state index is 0.0318. The van der Waals surface area contributed by atoms with Gasteiger partial charge in [-0.3, -0.25) is 9.59 Å². The van der Waals surface area contributed by atoms with Crippen LogP contribution in [0, 0.1) is 34.5 Å². The van der Waals surface area contributed by atoms with Gasteiger partial charge >= 0.3 is 0 Å². The molecule has 0 amide bonds. The highest BCUT2D eigenvalue weighted by molar-refractivity contribution is 5.92. The van der Waals surface area contributed by atoms with E-state index >= 15 is 0 Å². The van der Waals surface area contributed by atoms with Gasteiger partial charge < -0.3 is 9.84 Å². The summed E-state index contributed by atoms with van der Waals surface area (Å²) in [6.07, 6.45) is 8.92. The van der Waals surface area contributed by atoms with Gasteiger partial charge in [-0.25, -0.2) is 0 Å². The largest absolute Gasteiger partial charge is 0.389 e. The second-order valence-corrected chi connectivity index (χ2v) is 9.43. The summed E-state index contributed by atoms with van der Waals surface area (Å²) in [7, 11) is 0. The average molecular weight is 344 g/mol. The van der Waals surface area contributed by atoms with E-state index in [-0.39, 0.29) is 41.0 Å². The number of Topliss-reactive ketones (excluding diaryl/α,β-unsaturated/α-hetero) is 1. The van der Waals surface area contributed by atoms with Gasteiger partial charge in [0.05, 0.1) is 12.7 Å². The van der Waals surface area contributed by atoms with Crippen LogP contribution in [0.1, 0.15) is 51.9 Å². The van der Waals surface area contributed by atoms with Gasteiger partial charge in [0.15, 0.2) is 11.6 Å². The third-order valence-corrected chi connectivity index (χ3v) is 8.78. The summed E-state index contributed by atoms with van der Waals surface area (Å²) < 4.78 is 6.20. The Labute approximate surface area is 149 Å². The van der Waals surface area contributed by atoms with Crippen LogP contribution in [0.5, 0.6) is 0 Å². The maximum atomic E-state index is 12.3. The van der Waals surface area contributed by atoms with Crippen molar-refractivity contribution in [2.24, 2.45) is 34.5 Å². The third kappa shape index (κ3) is 1.96. The van der Waals surface area contributed by atoms with Gasteiger partial charge in [0, 0.05) is 17.8 Å². The van der Waals surface area contributed by atoms with Crippen LogP contribution >= 0.6 is 0 Å². The quantitative estimate of drug-likeness (QED) is 0.836. The summed E-state index contributed by atoms with van der Waals surface area (Å²) >= 11 is 0. The van der Waals surface area contributed by atoms with Crippen molar-refractivity contribution >= 4 is 11.6 Å². The summed E-state index contributed by atoms with van der Waals surface area (Å²) in [5.41, 5.74) is 1.44. The fraction of sp³-hybridized carbons (Fsp3) is 0.810. The van der Waals surface area contributed by atoms with E-state index in [1.807, 2.05) is 6.08 Å². The molecule has 136 valence electrons. The molecular formula is C21H28O4. The highest BCUT2D eigenvalue weighted by Gasteiger charge is 2.64. The summed E-state index contributed by atoms with van der Waals surface area (Å²) in [4.78, 5) is 24.3. The van der Waals surface area contributed by atoms with Crippen molar-refractivity contribution in [3.8, 4) is 0 Å². The number of aliphatic hydroxyl groups excluding tert-OH is 1. The van der Waals surface area contributed by atoms with Gasteiger partial charge in [-0.05, 0) is 73.3 Å². The van der Waals surface area contributed by atoms with E-state index in [1.165, 1.54) is 5.57 Å². The van der Waals surface area contributed by atoms with E-state index in [1.54, 1.807) is 0 Å². The van der Waals surface area contributed by atoms with Crippen molar-refractivity contribution in [3.05, 3.63) is 11.6 Å². The summed E-state index contributed by atoms with van der Waals surface area (Å²) in [5, 5.41) is 9.40. The van der Waals surface area contributed by atoms with Crippen molar-refractivity contribution in [3.63, 3.8) is 0 Å². The first kappa shape index (κ1) is 16.2. The molecule has 0 radical (unpaired) electrons. The molecule has 0 aromatic carbocycles. The lowest BCUT2D eigenvalue weighted by Crippen LogP contribution is -2.53. The molecule has 1 saturated heterocycles. The highest BCUT2D eigenvalue weighted by Crippen LogP contribution is 2.68. The molecule has 3 saturated carbocycles. The van der Waals surface area contributed by atoms with Crippen LogP contribution in [0.3, 0.4) is 0 Å². The molecule has 4 heteroatoms. The maximum absolute atomic E-state index is 12.3. The molecule has 1 heterocycles. The molecule has 7 unspecified atom stereocenters. The number of ketones is 2. The first-order chi connectivity index (χ1) is 12.0. The SMILES string of the molecule is CC12CCC3C(CC4OCC35CCC(=O)C=C45)C1CCC2C(=O)CO. The number of hydrogen-bond donors (Lipinski definition) is 1. The maximum Gasteiger partial charge on any atom is 0.161 e. The normalized spacial score (nSPS) is 50.7. The Morgan fingerprint density at radius 3 is 2.92 bits per heavy atom. The number of hydrogen-bond acceptors (Lipinski definition) is 4. The smallest absolute Gasteiger partial charge is 0.161 e. The molecule has 4 nitrogen and oxygen atoms in total. The average Bonchev–Trinajstić information content (AvgIpc) is 3.08. The lowest BCUT2D eigenvalue weighted by molar-refractivity contribution is -0.132.